The highest BCUT2D eigenvalue weighted by Crippen LogP contribution is 2.19. The molecule has 100 valence electrons. The number of aliphatic hydroxyl groups excluding tert-OH is 1. The zero-order valence-electron chi connectivity index (χ0n) is 11.1. The molecule has 0 aromatic rings. The van der Waals surface area contributed by atoms with E-state index < -0.39 is 6.10 Å². The molecule has 1 aliphatic rings. The fourth-order valence-corrected chi connectivity index (χ4v) is 1.48. The molecule has 0 aliphatic carbocycles. The van der Waals surface area contributed by atoms with Gasteiger partial charge in [-0.25, -0.2) is 9.79 Å². The number of hydrogen-bond acceptors (Lipinski definition) is 5. The lowest BCUT2D eigenvalue weighted by Crippen LogP contribution is -2.34. The lowest BCUT2D eigenvalue weighted by molar-refractivity contribution is 0.0679. The summed E-state index contributed by atoms with van der Waals surface area (Å²) in [6.45, 7) is 6.54. The Balaban J connectivity index is 2.40. The summed E-state index contributed by atoms with van der Waals surface area (Å²) < 4.78 is 5.43. The molecule has 0 bridgehead atoms. The van der Waals surface area contributed by atoms with Crippen LogP contribution in [0, 0.1) is 0 Å². The second kappa shape index (κ2) is 7.11. The zero-order chi connectivity index (χ0) is 13.5. The molecule has 1 heterocycles. The van der Waals surface area contributed by atoms with Gasteiger partial charge in [0, 0.05) is 25.2 Å². The van der Waals surface area contributed by atoms with Crippen molar-refractivity contribution in [3.05, 3.63) is 17.0 Å². The van der Waals surface area contributed by atoms with Crippen LogP contribution in [0.1, 0.15) is 27.2 Å². The van der Waals surface area contributed by atoms with Crippen molar-refractivity contribution in [3.63, 3.8) is 0 Å². The first kappa shape index (κ1) is 14.6. The first-order valence-corrected chi connectivity index (χ1v) is 6.05. The molecule has 5 nitrogen and oxygen atoms in total. The van der Waals surface area contributed by atoms with E-state index in [4.69, 9.17) is 4.74 Å². The summed E-state index contributed by atoms with van der Waals surface area (Å²) in [7, 11) is 0. The molecule has 2 N–H and O–H groups in total. The average Bonchev–Trinajstić information content (AvgIpc) is 2.34. The first-order chi connectivity index (χ1) is 8.52. The van der Waals surface area contributed by atoms with Gasteiger partial charge in [0.15, 0.2) is 0 Å². The molecule has 0 saturated carbocycles. The van der Waals surface area contributed by atoms with E-state index in [1.165, 1.54) is 6.21 Å². The highest BCUT2D eigenvalue weighted by molar-refractivity contribution is 5.91. The van der Waals surface area contributed by atoms with Crippen molar-refractivity contribution < 1.29 is 14.6 Å². The number of rotatable bonds is 6. The van der Waals surface area contributed by atoms with Gasteiger partial charge in [0.2, 0.25) is 5.88 Å². The maximum absolute atomic E-state index is 10.5. The number of nitrogens with zero attached hydrogens (tertiary/aromatic N) is 1. The number of aliphatic hydroxyl groups is 1. The number of allylic oxidation sites excluding steroid dienone is 2. The van der Waals surface area contributed by atoms with E-state index in [9.17, 15) is 9.90 Å². The van der Waals surface area contributed by atoms with Crippen LogP contribution in [-0.2, 0) is 9.53 Å². The number of carbonyl (C=O) groups excluding carboxylic acids is 1. The number of ether oxygens (including phenoxy) is 1. The van der Waals surface area contributed by atoms with Gasteiger partial charge in [-0.05, 0) is 12.5 Å². The van der Waals surface area contributed by atoms with E-state index in [1.807, 2.05) is 26.7 Å². The molecule has 0 amide bonds. The van der Waals surface area contributed by atoms with Gasteiger partial charge in [-0.3, -0.25) is 0 Å². The Labute approximate surface area is 107 Å². The van der Waals surface area contributed by atoms with Gasteiger partial charge in [-0.15, -0.1) is 0 Å². The SMILES string of the molecule is CC1=C(OCC(O)CNC(C)C)N=CC(=C=O)C1. The summed E-state index contributed by atoms with van der Waals surface area (Å²) in [6.07, 6.45) is 1.38. The van der Waals surface area contributed by atoms with Crippen molar-refractivity contribution in [3.8, 4) is 0 Å². The first-order valence-electron chi connectivity index (χ1n) is 6.05. The van der Waals surface area contributed by atoms with Crippen LogP contribution in [0.2, 0.25) is 0 Å². The molecule has 0 spiro atoms. The van der Waals surface area contributed by atoms with E-state index in [2.05, 4.69) is 10.3 Å². The third-order valence-electron chi connectivity index (χ3n) is 2.46. The molecule has 0 radical (unpaired) electrons. The Morgan fingerprint density at radius 1 is 1.61 bits per heavy atom. The van der Waals surface area contributed by atoms with Gasteiger partial charge >= 0.3 is 0 Å². The third-order valence-corrected chi connectivity index (χ3v) is 2.46. The standard InChI is InChI=1S/C13H20N2O3/c1-9(2)14-6-12(17)8-18-13-10(3)4-11(7-16)5-15-13/h5,9,12,14,17H,4,6,8H2,1-3H3. The molecular weight excluding hydrogens is 232 g/mol. The summed E-state index contributed by atoms with van der Waals surface area (Å²) in [5, 5.41) is 12.8. The summed E-state index contributed by atoms with van der Waals surface area (Å²) in [5.74, 6) is 2.30. The van der Waals surface area contributed by atoms with E-state index in [-0.39, 0.29) is 6.61 Å². The van der Waals surface area contributed by atoms with Gasteiger partial charge < -0.3 is 15.2 Å². The van der Waals surface area contributed by atoms with E-state index >= 15 is 0 Å². The Bertz CT molecular complexity index is 393. The van der Waals surface area contributed by atoms with Crippen LogP contribution in [0.3, 0.4) is 0 Å². The quantitative estimate of drug-likeness (QED) is 0.687. The largest absolute Gasteiger partial charge is 0.475 e. The van der Waals surface area contributed by atoms with E-state index in [0.29, 0.717) is 30.5 Å². The second-order valence-corrected chi connectivity index (χ2v) is 4.68. The minimum absolute atomic E-state index is 0.184. The van der Waals surface area contributed by atoms with Crippen LogP contribution in [0.4, 0.5) is 0 Å². The summed E-state index contributed by atoms with van der Waals surface area (Å²) in [4.78, 5) is 14.5. The molecule has 5 heteroatoms. The lowest BCUT2D eigenvalue weighted by atomic mass is 10.1. The maximum atomic E-state index is 10.5. The maximum Gasteiger partial charge on any atom is 0.212 e. The van der Waals surface area contributed by atoms with Crippen LogP contribution in [0.25, 0.3) is 0 Å². The molecule has 1 unspecified atom stereocenters. The molecule has 0 fully saturated rings. The second-order valence-electron chi connectivity index (χ2n) is 4.68. The fraction of sp³-hybridized carbons (Fsp3) is 0.615. The van der Waals surface area contributed by atoms with Gasteiger partial charge in [0.25, 0.3) is 0 Å². The van der Waals surface area contributed by atoms with Crippen molar-refractivity contribution in [1.29, 1.82) is 0 Å². The van der Waals surface area contributed by atoms with Crippen molar-refractivity contribution in [2.45, 2.75) is 39.3 Å². The number of nitrogens with one attached hydrogen (secondary N) is 1. The van der Waals surface area contributed by atoms with E-state index in [1.54, 1.807) is 0 Å². The summed E-state index contributed by atoms with van der Waals surface area (Å²) >= 11 is 0. The molecule has 0 saturated heterocycles. The smallest absolute Gasteiger partial charge is 0.212 e. The van der Waals surface area contributed by atoms with Gasteiger partial charge in [-0.1, -0.05) is 13.8 Å². The summed E-state index contributed by atoms with van der Waals surface area (Å²) in [6, 6.07) is 0.327. The number of hydrogen-bond donors (Lipinski definition) is 2. The van der Waals surface area contributed by atoms with Gasteiger partial charge in [0.05, 0.1) is 5.57 Å². The van der Waals surface area contributed by atoms with Crippen LogP contribution < -0.4 is 5.32 Å². The Morgan fingerprint density at radius 3 is 2.89 bits per heavy atom. The topological polar surface area (TPSA) is 70.9 Å². The predicted octanol–water partition coefficient (Wildman–Crippen LogP) is 0.826. The molecule has 0 aromatic carbocycles. The molecular formula is C13H20N2O3. The number of aliphatic imine (C=N–C) groups is 1. The molecule has 0 aromatic heterocycles. The predicted molar refractivity (Wildman–Crippen MR) is 70.1 cm³/mol. The molecule has 1 aliphatic heterocycles. The molecule has 1 atom stereocenters. The van der Waals surface area contributed by atoms with Gasteiger partial charge in [-0.2, -0.15) is 0 Å². The van der Waals surface area contributed by atoms with E-state index in [0.717, 1.165) is 5.57 Å². The Hall–Kier alpha value is -1.42. The Kier molecular flexibility index (Phi) is 5.78. The monoisotopic (exact) mass is 252 g/mol. The molecule has 18 heavy (non-hydrogen) atoms. The average molecular weight is 252 g/mol. The Morgan fingerprint density at radius 2 is 2.33 bits per heavy atom. The zero-order valence-corrected chi connectivity index (χ0v) is 11.1. The highest BCUT2D eigenvalue weighted by Gasteiger charge is 2.13. The normalized spacial score (nSPS) is 17.1. The van der Waals surface area contributed by atoms with Crippen molar-refractivity contribution in [2.75, 3.05) is 13.2 Å². The van der Waals surface area contributed by atoms with Crippen LogP contribution in [0.5, 0.6) is 0 Å². The summed E-state index contributed by atoms with van der Waals surface area (Å²) in [5.41, 5.74) is 1.39. The minimum atomic E-state index is -0.578. The fourth-order valence-electron chi connectivity index (χ4n) is 1.48. The van der Waals surface area contributed by atoms with Crippen LogP contribution in [0.15, 0.2) is 22.0 Å². The van der Waals surface area contributed by atoms with Crippen molar-refractivity contribution in [1.82, 2.24) is 5.32 Å². The van der Waals surface area contributed by atoms with Gasteiger partial charge in [0.1, 0.15) is 18.7 Å². The van der Waals surface area contributed by atoms with Crippen LogP contribution >= 0.6 is 0 Å². The third kappa shape index (κ3) is 4.84. The lowest BCUT2D eigenvalue weighted by Gasteiger charge is -2.17. The van der Waals surface area contributed by atoms with Crippen molar-refractivity contribution >= 4 is 12.2 Å². The highest BCUT2D eigenvalue weighted by atomic mass is 16.5. The minimum Gasteiger partial charge on any atom is -0.475 e. The molecule has 1 rings (SSSR count). The van der Waals surface area contributed by atoms with Crippen LogP contribution in [-0.4, -0.2) is 42.6 Å². The van der Waals surface area contributed by atoms with Crippen molar-refractivity contribution in [2.24, 2.45) is 4.99 Å².